The molecule has 3 aromatic rings. The van der Waals surface area contributed by atoms with E-state index in [1.54, 1.807) is 18.4 Å². The number of hydrogen-bond donors (Lipinski definition) is 1. The number of rotatable bonds is 3. The molecule has 0 radical (unpaired) electrons. The van der Waals surface area contributed by atoms with Crippen molar-refractivity contribution in [1.82, 2.24) is 4.98 Å². The zero-order chi connectivity index (χ0) is 12.5. The van der Waals surface area contributed by atoms with Crippen LogP contribution in [0.15, 0.2) is 35.7 Å². The molecule has 0 amide bonds. The molecule has 0 aliphatic carbocycles. The Morgan fingerprint density at radius 2 is 2.22 bits per heavy atom. The van der Waals surface area contributed by atoms with Gasteiger partial charge >= 0.3 is 0 Å². The molecule has 18 heavy (non-hydrogen) atoms. The van der Waals surface area contributed by atoms with Gasteiger partial charge in [0, 0.05) is 16.5 Å². The maximum atomic E-state index is 11.3. The first kappa shape index (κ1) is 11.0. The molecule has 4 heteroatoms. The van der Waals surface area contributed by atoms with E-state index in [4.69, 9.17) is 4.74 Å². The number of carbonyl (C=O) groups excluding carboxylic acids is 1. The summed E-state index contributed by atoms with van der Waals surface area (Å²) in [7, 11) is 1.62. The molecule has 0 saturated carbocycles. The fraction of sp³-hybridized carbons (Fsp3) is 0.0714. The second-order valence-electron chi connectivity index (χ2n) is 3.92. The molecule has 2 aromatic heterocycles. The molecular formula is C14H11NO2S. The van der Waals surface area contributed by atoms with Gasteiger partial charge in [0.15, 0.2) is 6.29 Å². The van der Waals surface area contributed by atoms with Gasteiger partial charge in [-0.3, -0.25) is 4.79 Å². The highest BCUT2D eigenvalue weighted by Gasteiger charge is 2.13. The Hall–Kier alpha value is -2.07. The third-order valence-electron chi connectivity index (χ3n) is 2.93. The van der Waals surface area contributed by atoms with E-state index in [0.29, 0.717) is 5.56 Å². The van der Waals surface area contributed by atoms with Crippen molar-refractivity contribution in [1.29, 1.82) is 0 Å². The van der Waals surface area contributed by atoms with Crippen LogP contribution in [0, 0.1) is 0 Å². The van der Waals surface area contributed by atoms with Crippen LogP contribution < -0.4 is 4.74 Å². The molecule has 0 aliphatic rings. The van der Waals surface area contributed by atoms with Gasteiger partial charge in [0.2, 0.25) is 0 Å². The number of methoxy groups -OCH3 is 1. The van der Waals surface area contributed by atoms with Crippen LogP contribution in [0.4, 0.5) is 0 Å². The smallest absolute Gasteiger partial charge is 0.152 e. The lowest BCUT2D eigenvalue weighted by molar-refractivity contribution is 0.112. The summed E-state index contributed by atoms with van der Waals surface area (Å²) in [6.07, 6.45) is 0.896. The van der Waals surface area contributed by atoms with Crippen molar-refractivity contribution < 1.29 is 9.53 Å². The lowest BCUT2D eigenvalue weighted by Crippen LogP contribution is -1.83. The predicted molar refractivity (Wildman–Crippen MR) is 73.6 cm³/mol. The van der Waals surface area contributed by atoms with Crippen LogP contribution in [-0.2, 0) is 0 Å². The van der Waals surface area contributed by atoms with Crippen LogP contribution in [0.1, 0.15) is 10.4 Å². The van der Waals surface area contributed by atoms with Gasteiger partial charge in [-0.05, 0) is 29.6 Å². The third-order valence-corrected chi connectivity index (χ3v) is 3.82. The summed E-state index contributed by atoms with van der Waals surface area (Å²) < 4.78 is 5.19. The zero-order valence-corrected chi connectivity index (χ0v) is 10.6. The average molecular weight is 257 g/mol. The van der Waals surface area contributed by atoms with Gasteiger partial charge in [0.05, 0.1) is 17.7 Å². The topological polar surface area (TPSA) is 42.1 Å². The van der Waals surface area contributed by atoms with Crippen molar-refractivity contribution in [2.24, 2.45) is 0 Å². The Labute approximate surface area is 108 Å². The van der Waals surface area contributed by atoms with Crippen LogP contribution in [-0.4, -0.2) is 18.4 Å². The number of aldehydes is 1. The molecule has 0 fully saturated rings. The van der Waals surface area contributed by atoms with Crippen LogP contribution >= 0.6 is 11.3 Å². The molecule has 90 valence electrons. The number of nitrogens with one attached hydrogen (secondary N) is 1. The third kappa shape index (κ3) is 1.62. The van der Waals surface area contributed by atoms with Crippen LogP contribution in [0.2, 0.25) is 0 Å². The van der Waals surface area contributed by atoms with E-state index in [1.165, 1.54) is 0 Å². The summed E-state index contributed by atoms with van der Waals surface area (Å²) in [5.74, 6) is 0.752. The lowest BCUT2D eigenvalue weighted by Gasteiger charge is -1.98. The number of aromatic amines is 1. The number of hydrogen-bond acceptors (Lipinski definition) is 3. The Morgan fingerprint density at radius 1 is 1.33 bits per heavy atom. The monoisotopic (exact) mass is 257 g/mol. The van der Waals surface area contributed by atoms with Crippen molar-refractivity contribution in [3.05, 3.63) is 41.3 Å². The maximum Gasteiger partial charge on any atom is 0.152 e. The summed E-state index contributed by atoms with van der Waals surface area (Å²) in [5, 5.41) is 2.89. The van der Waals surface area contributed by atoms with E-state index in [2.05, 4.69) is 4.98 Å². The van der Waals surface area contributed by atoms with E-state index < -0.39 is 0 Å². The highest BCUT2D eigenvalue weighted by atomic mass is 32.1. The fourth-order valence-corrected chi connectivity index (χ4v) is 2.80. The van der Waals surface area contributed by atoms with Crippen LogP contribution in [0.5, 0.6) is 5.75 Å². The molecule has 1 N–H and O–H groups in total. The largest absolute Gasteiger partial charge is 0.497 e. The first-order valence-electron chi connectivity index (χ1n) is 5.52. The molecule has 0 unspecified atom stereocenters. The van der Waals surface area contributed by atoms with Gasteiger partial charge in [-0.25, -0.2) is 0 Å². The molecule has 0 atom stereocenters. The number of benzene rings is 1. The first-order valence-corrected chi connectivity index (χ1v) is 6.40. The van der Waals surface area contributed by atoms with Gasteiger partial charge in [0.1, 0.15) is 5.75 Å². The van der Waals surface area contributed by atoms with Gasteiger partial charge < -0.3 is 9.72 Å². The van der Waals surface area contributed by atoms with Gasteiger partial charge in [-0.15, -0.1) is 11.3 Å². The summed E-state index contributed by atoms with van der Waals surface area (Å²) in [6, 6.07) is 9.66. The molecule has 1 aromatic carbocycles. The minimum absolute atomic E-state index is 0.686. The number of carbonyl (C=O) groups is 1. The molecule has 2 heterocycles. The Morgan fingerprint density at radius 3 is 2.89 bits per heavy atom. The standard InChI is InChI=1S/C14H11NO2S/c1-17-9-4-5-12-10(7-9)11(8-16)14(15-12)13-3-2-6-18-13/h2-8,15H,1H3. The molecule has 3 nitrogen and oxygen atoms in total. The molecule has 0 bridgehead atoms. The van der Waals surface area contributed by atoms with Crippen LogP contribution in [0.25, 0.3) is 21.5 Å². The molecule has 3 rings (SSSR count). The Kier molecular flexibility index (Phi) is 2.64. The number of thiophene rings is 1. The Balaban J connectivity index is 2.30. The average Bonchev–Trinajstić information content (AvgIpc) is 3.04. The molecule has 0 spiro atoms. The van der Waals surface area contributed by atoms with Crippen molar-refractivity contribution in [2.75, 3.05) is 7.11 Å². The Bertz CT molecular complexity index is 698. The summed E-state index contributed by atoms with van der Waals surface area (Å²) in [4.78, 5) is 15.7. The lowest BCUT2D eigenvalue weighted by atomic mass is 10.1. The maximum absolute atomic E-state index is 11.3. The second kappa shape index (κ2) is 4.31. The van der Waals surface area contributed by atoms with Gasteiger partial charge in [-0.1, -0.05) is 6.07 Å². The minimum Gasteiger partial charge on any atom is -0.497 e. The zero-order valence-electron chi connectivity index (χ0n) is 9.77. The SMILES string of the molecule is COc1ccc2[nH]c(-c3cccs3)c(C=O)c2c1. The second-order valence-corrected chi connectivity index (χ2v) is 4.87. The number of aromatic nitrogens is 1. The van der Waals surface area contributed by atoms with E-state index in [9.17, 15) is 4.79 Å². The van der Waals surface area contributed by atoms with E-state index in [-0.39, 0.29) is 0 Å². The highest BCUT2D eigenvalue weighted by molar-refractivity contribution is 7.13. The normalized spacial score (nSPS) is 10.7. The van der Waals surface area contributed by atoms with E-state index in [0.717, 1.165) is 33.5 Å². The summed E-state index contributed by atoms with van der Waals surface area (Å²) >= 11 is 1.61. The summed E-state index contributed by atoms with van der Waals surface area (Å²) in [6.45, 7) is 0. The molecular weight excluding hydrogens is 246 g/mol. The van der Waals surface area contributed by atoms with E-state index >= 15 is 0 Å². The van der Waals surface area contributed by atoms with E-state index in [1.807, 2.05) is 35.7 Å². The number of ether oxygens (including phenoxy) is 1. The highest BCUT2D eigenvalue weighted by Crippen LogP contribution is 2.33. The first-order chi connectivity index (χ1) is 8.83. The van der Waals surface area contributed by atoms with Crippen molar-refractivity contribution in [3.8, 4) is 16.3 Å². The number of fused-ring (bicyclic) bond motifs is 1. The van der Waals surface area contributed by atoms with Crippen molar-refractivity contribution in [2.45, 2.75) is 0 Å². The molecule has 0 aliphatic heterocycles. The van der Waals surface area contributed by atoms with Crippen LogP contribution in [0.3, 0.4) is 0 Å². The van der Waals surface area contributed by atoms with Crippen molar-refractivity contribution in [3.63, 3.8) is 0 Å². The minimum atomic E-state index is 0.686. The molecule has 0 saturated heterocycles. The summed E-state index contributed by atoms with van der Waals surface area (Å²) in [5.41, 5.74) is 2.51. The van der Waals surface area contributed by atoms with Gasteiger partial charge in [-0.2, -0.15) is 0 Å². The number of H-pyrrole nitrogens is 1. The van der Waals surface area contributed by atoms with Crippen molar-refractivity contribution >= 4 is 28.5 Å². The fourth-order valence-electron chi connectivity index (χ4n) is 2.06. The van der Waals surface area contributed by atoms with Gasteiger partial charge in [0.25, 0.3) is 0 Å². The predicted octanol–water partition coefficient (Wildman–Crippen LogP) is 3.72. The quantitative estimate of drug-likeness (QED) is 0.727.